The van der Waals surface area contributed by atoms with Crippen LogP contribution in [0.1, 0.15) is 49.8 Å². The molecule has 0 N–H and O–H groups in total. The largest absolute Gasteiger partial charge is 0.240 e. The summed E-state index contributed by atoms with van der Waals surface area (Å²) in [5, 5.41) is 4.07. The zero-order valence-corrected chi connectivity index (χ0v) is 11.0. The maximum absolute atomic E-state index is 13.6. The first kappa shape index (κ1) is 12.3. The van der Waals surface area contributed by atoms with Crippen molar-refractivity contribution in [2.45, 2.75) is 38.4 Å². The number of hydrogen-bond donors (Lipinski definition) is 0. The molecule has 3 nitrogen and oxygen atoms in total. The molecule has 0 bridgehead atoms. The highest BCUT2D eigenvalue weighted by Gasteiger charge is 2.33. The van der Waals surface area contributed by atoms with Gasteiger partial charge in [-0.25, -0.2) is 14.1 Å². The lowest BCUT2D eigenvalue weighted by atomic mass is 10.0. The normalized spacial score (nSPS) is 24.5. The van der Waals surface area contributed by atoms with Crippen LogP contribution in [0.2, 0.25) is 0 Å². The van der Waals surface area contributed by atoms with E-state index in [4.69, 9.17) is 0 Å². The van der Waals surface area contributed by atoms with Crippen LogP contribution in [-0.2, 0) is 0 Å². The molecule has 0 amide bonds. The van der Waals surface area contributed by atoms with Gasteiger partial charge in [-0.2, -0.15) is 5.10 Å². The van der Waals surface area contributed by atoms with E-state index in [0.717, 1.165) is 11.5 Å². The summed E-state index contributed by atoms with van der Waals surface area (Å²) in [6, 6.07) is 9.85. The Morgan fingerprint density at radius 3 is 2.53 bits per heavy atom. The summed E-state index contributed by atoms with van der Waals surface area (Å²) in [7, 11) is 0. The maximum atomic E-state index is 13.6. The van der Waals surface area contributed by atoms with Crippen LogP contribution < -0.4 is 0 Å². The fourth-order valence-electron chi connectivity index (χ4n) is 2.24. The smallest absolute Gasteiger partial charge is 0.162 e. The zero-order chi connectivity index (χ0) is 13.2. The average Bonchev–Trinajstić information content (AvgIpc) is 2.96. The summed E-state index contributed by atoms with van der Waals surface area (Å²) in [4.78, 5) is 3.93. The number of benzene rings is 1. The van der Waals surface area contributed by atoms with Gasteiger partial charge in [-0.05, 0) is 11.5 Å². The first-order chi connectivity index (χ1) is 9.25. The number of nitrogens with zero attached hydrogens (tertiary/aromatic N) is 3. The zero-order valence-electron chi connectivity index (χ0n) is 11.0. The van der Waals surface area contributed by atoms with Crippen molar-refractivity contribution in [1.29, 1.82) is 0 Å². The number of fused-ring (bicyclic) bond motifs is 1. The third-order valence-electron chi connectivity index (χ3n) is 3.66. The van der Waals surface area contributed by atoms with Crippen molar-refractivity contribution in [1.82, 2.24) is 14.8 Å². The monoisotopic (exact) mass is 259 g/mol. The molecular formula is C15H18FN3. The van der Waals surface area contributed by atoms with Crippen LogP contribution in [0.25, 0.3) is 0 Å². The molecule has 0 spiro atoms. The van der Waals surface area contributed by atoms with E-state index in [9.17, 15) is 4.39 Å². The Bertz CT molecular complexity index is 533. The first-order valence-corrected chi connectivity index (χ1v) is 6.84. The highest BCUT2D eigenvalue weighted by molar-refractivity contribution is 5.22. The Hall–Kier alpha value is -1.71. The van der Waals surface area contributed by atoms with Gasteiger partial charge in [0.15, 0.2) is 12.0 Å². The summed E-state index contributed by atoms with van der Waals surface area (Å²) >= 11 is 0. The molecule has 1 saturated carbocycles. The van der Waals surface area contributed by atoms with E-state index in [-0.39, 0.29) is 6.04 Å². The Kier molecular flexibility index (Phi) is 3.32. The number of rotatable bonds is 1. The van der Waals surface area contributed by atoms with Gasteiger partial charge in [0.1, 0.15) is 6.33 Å². The lowest BCUT2D eigenvalue weighted by Gasteiger charge is -2.10. The van der Waals surface area contributed by atoms with Crippen LogP contribution in [0.3, 0.4) is 0 Å². The Labute approximate surface area is 112 Å². The Morgan fingerprint density at radius 2 is 1.89 bits per heavy atom. The van der Waals surface area contributed by atoms with Crippen molar-refractivity contribution >= 4 is 0 Å². The SMILES string of the molecule is CC1CC1.FC1CC(c2ccccc2)n2ncnc21. The molecule has 2 unspecified atom stereocenters. The predicted octanol–water partition coefficient (Wildman–Crippen LogP) is 3.70. The highest BCUT2D eigenvalue weighted by Crippen LogP contribution is 2.38. The second kappa shape index (κ2) is 5.11. The molecule has 19 heavy (non-hydrogen) atoms. The molecule has 2 aliphatic rings. The third-order valence-corrected chi connectivity index (χ3v) is 3.66. The summed E-state index contributed by atoms with van der Waals surface area (Å²) in [5.74, 6) is 1.53. The molecule has 2 heterocycles. The van der Waals surface area contributed by atoms with Gasteiger partial charge in [-0.15, -0.1) is 0 Å². The van der Waals surface area contributed by atoms with Crippen molar-refractivity contribution < 1.29 is 4.39 Å². The minimum absolute atomic E-state index is 0.00120. The van der Waals surface area contributed by atoms with E-state index in [1.54, 1.807) is 4.68 Å². The van der Waals surface area contributed by atoms with Crippen LogP contribution in [0.5, 0.6) is 0 Å². The number of alkyl halides is 1. The van der Waals surface area contributed by atoms with Gasteiger partial charge in [0, 0.05) is 6.42 Å². The van der Waals surface area contributed by atoms with E-state index in [1.165, 1.54) is 19.2 Å². The van der Waals surface area contributed by atoms with Gasteiger partial charge in [-0.3, -0.25) is 0 Å². The molecule has 100 valence electrons. The molecule has 1 aliphatic heterocycles. The molecule has 0 saturated heterocycles. The fourth-order valence-corrected chi connectivity index (χ4v) is 2.24. The standard InChI is InChI=1S/C11H10FN3.C4H8/c12-9-6-10(8-4-2-1-3-5-8)15-11(9)13-7-14-15;1-4-2-3-4/h1-5,7,9-10H,6H2;4H,2-3H2,1H3. The summed E-state index contributed by atoms with van der Waals surface area (Å²) in [6.07, 6.45) is 3.84. The van der Waals surface area contributed by atoms with Crippen molar-refractivity contribution in [3.8, 4) is 0 Å². The molecule has 1 aliphatic carbocycles. The van der Waals surface area contributed by atoms with E-state index in [1.807, 2.05) is 30.3 Å². The molecule has 4 rings (SSSR count). The molecule has 1 aromatic heterocycles. The van der Waals surface area contributed by atoms with Crippen LogP contribution in [0, 0.1) is 5.92 Å². The van der Waals surface area contributed by atoms with Crippen molar-refractivity contribution in [3.63, 3.8) is 0 Å². The lowest BCUT2D eigenvalue weighted by Crippen LogP contribution is -2.06. The number of hydrogen-bond acceptors (Lipinski definition) is 2. The number of aromatic nitrogens is 3. The van der Waals surface area contributed by atoms with Gasteiger partial charge >= 0.3 is 0 Å². The lowest BCUT2D eigenvalue weighted by molar-refractivity contribution is 0.328. The van der Waals surface area contributed by atoms with Crippen molar-refractivity contribution in [3.05, 3.63) is 48.0 Å². The molecule has 4 heteroatoms. The highest BCUT2D eigenvalue weighted by atomic mass is 19.1. The van der Waals surface area contributed by atoms with Crippen molar-refractivity contribution in [2.24, 2.45) is 5.92 Å². The van der Waals surface area contributed by atoms with Crippen LogP contribution in [0.15, 0.2) is 36.7 Å². The van der Waals surface area contributed by atoms with Crippen molar-refractivity contribution in [2.75, 3.05) is 0 Å². The van der Waals surface area contributed by atoms with Gasteiger partial charge in [-0.1, -0.05) is 50.1 Å². The molecule has 2 atom stereocenters. The van der Waals surface area contributed by atoms with Gasteiger partial charge in [0.2, 0.25) is 0 Å². The molecule has 2 aromatic rings. The predicted molar refractivity (Wildman–Crippen MR) is 71.5 cm³/mol. The second-order valence-electron chi connectivity index (χ2n) is 5.38. The van der Waals surface area contributed by atoms with Crippen LogP contribution in [-0.4, -0.2) is 14.8 Å². The maximum Gasteiger partial charge on any atom is 0.162 e. The third kappa shape index (κ3) is 2.67. The van der Waals surface area contributed by atoms with E-state index < -0.39 is 6.17 Å². The topological polar surface area (TPSA) is 30.7 Å². The van der Waals surface area contributed by atoms with E-state index in [0.29, 0.717) is 12.2 Å². The first-order valence-electron chi connectivity index (χ1n) is 6.84. The molecule has 0 radical (unpaired) electrons. The van der Waals surface area contributed by atoms with Crippen LogP contribution >= 0.6 is 0 Å². The summed E-state index contributed by atoms with van der Waals surface area (Å²) < 4.78 is 15.2. The van der Waals surface area contributed by atoms with E-state index in [2.05, 4.69) is 17.0 Å². The summed E-state index contributed by atoms with van der Waals surface area (Å²) in [5.41, 5.74) is 1.09. The molecule has 1 aromatic carbocycles. The Morgan fingerprint density at radius 1 is 1.21 bits per heavy atom. The van der Waals surface area contributed by atoms with Gasteiger partial charge < -0.3 is 0 Å². The second-order valence-corrected chi connectivity index (χ2v) is 5.38. The minimum atomic E-state index is -0.988. The summed E-state index contributed by atoms with van der Waals surface area (Å²) in [6.45, 7) is 2.28. The number of halogens is 1. The fraction of sp³-hybridized carbons (Fsp3) is 0.467. The van der Waals surface area contributed by atoms with Crippen LogP contribution in [0.4, 0.5) is 4.39 Å². The van der Waals surface area contributed by atoms with E-state index >= 15 is 0 Å². The Balaban J connectivity index is 0.000000237. The van der Waals surface area contributed by atoms with Gasteiger partial charge in [0.25, 0.3) is 0 Å². The quantitative estimate of drug-likeness (QED) is 0.781. The molecule has 1 fully saturated rings. The average molecular weight is 259 g/mol. The minimum Gasteiger partial charge on any atom is -0.240 e. The van der Waals surface area contributed by atoms with Gasteiger partial charge in [0.05, 0.1) is 6.04 Å². The molecular weight excluding hydrogens is 241 g/mol.